The molecule has 1 aliphatic rings. The highest BCUT2D eigenvalue weighted by molar-refractivity contribution is 5.96. The van der Waals surface area contributed by atoms with Crippen LogP contribution in [0.15, 0.2) is 65.1 Å². The maximum Gasteiger partial charge on any atom is 0.287 e. The standard InChI is InChI=1S/C28H31F2N3O3/c29-21-8-6-20(7-9-21)25-14-15-26(36-25)28(35)33-24(18-19-4-2-1-3-5-19)27(34)32-17-16-31-23-12-10-22(30)11-13-23/h6-15,19,24,31H,1-5,16-18H2,(H,32,34)(H,33,35)/t24-/m0/s1. The average Bonchev–Trinajstić information content (AvgIpc) is 3.39. The van der Waals surface area contributed by atoms with Gasteiger partial charge in [-0.3, -0.25) is 9.59 Å². The van der Waals surface area contributed by atoms with E-state index in [-0.39, 0.29) is 23.3 Å². The minimum Gasteiger partial charge on any atom is -0.451 e. The molecule has 1 fully saturated rings. The van der Waals surface area contributed by atoms with Crippen molar-refractivity contribution in [3.8, 4) is 11.3 Å². The maximum atomic E-state index is 13.2. The lowest BCUT2D eigenvalue weighted by atomic mass is 9.84. The van der Waals surface area contributed by atoms with E-state index in [1.54, 1.807) is 36.4 Å². The van der Waals surface area contributed by atoms with Gasteiger partial charge in [0.15, 0.2) is 5.76 Å². The summed E-state index contributed by atoms with van der Waals surface area (Å²) in [6, 6.07) is 14.3. The second-order valence-corrected chi connectivity index (χ2v) is 9.16. The highest BCUT2D eigenvalue weighted by Gasteiger charge is 2.27. The van der Waals surface area contributed by atoms with Crippen LogP contribution in [0, 0.1) is 17.6 Å². The Morgan fingerprint density at radius 1 is 0.861 bits per heavy atom. The summed E-state index contributed by atoms with van der Waals surface area (Å²) in [4.78, 5) is 26.0. The molecular formula is C28H31F2N3O3. The molecule has 1 saturated carbocycles. The molecule has 1 aromatic heterocycles. The topological polar surface area (TPSA) is 83.4 Å². The summed E-state index contributed by atoms with van der Waals surface area (Å²) in [5.41, 5.74) is 1.41. The Morgan fingerprint density at radius 3 is 2.22 bits per heavy atom. The molecule has 3 aromatic rings. The van der Waals surface area contributed by atoms with Gasteiger partial charge in [-0.2, -0.15) is 0 Å². The number of hydrogen-bond donors (Lipinski definition) is 3. The number of anilines is 1. The van der Waals surface area contributed by atoms with E-state index in [1.165, 1.54) is 30.7 Å². The molecule has 0 radical (unpaired) electrons. The van der Waals surface area contributed by atoms with Crippen LogP contribution in [0.5, 0.6) is 0 Å². The van der Waals surface area contributed by atoms with Gasteiger partial charge in [-0.1, -0.05) is 32.1 Å². The fourth-order valence-corrected chi connectivity index (χ4v) is 4.53. The zero-order valence-corrected chi connectivity index (χ0v) is 20.1. The number of hydrogen-bond acceptors (Lipinski definition) is 4. The van der Waals surface area contributed by atoms with Gasteiger partial charge in [-0.15, -0.1) is 0 Å². The molecule has 190 valence electrons. The summed E-state index contributed by atoms with van der Waals surface area (Å²) in [6.07, 6.45) is 6.12. The third-order valence-corrected chi connectivity index (χ3v) is 6.47. The third kappa shape index (κ3) is 7.16. The van der Waals surface area contributed by atoms with E-state index in [2.05, 4.69) is 16.0 Å². The van der Waals surface area contributed by atoms with Gasteiger partial charge in [-0.25, -0.2) is 8.78 Å². The zero-order chi connectivity index (χ0) is 25.3. The lowest BCUT2D eigenvalue weighted by Gasteiger charge is -2.26. The van der Waals surface area contributed by atoms with Crippen LogP contribution in [0.1, 0.15) is 49.1 Å². The molecule has 0 saturated heterocycles. The van der Waals surface area contributed by atoms with E-state index in [4.69, 9.17) is 4.42 Å². The highest BCUT2D eigenvalue weighted by Crippen LogP contribution is 2.28. The second kappa shape index (κ2) is 12.3. The van der Waals surface area contributed by atoms with Gasteiger partial charge in [0.1, 0.15) is 23.4 Å². The minimum atomic E-state index is -0.689. The van der Waals surface area contributed by atoms with Crippen LogP contribution in [-0.2, 0) is 4.79 Å². The molecule has 0 unspecified atom stereocenters. The fourth-order valence-electron chi connectivity index (χ4n) is 4.53. The number of carbonyl (C=O) groups is 2. The Labute approximate surface area is 209 Å². The van der Waals surface area contributed by atoms with Gasteiger partial charge in [0, 0.05) is 24.3 Å². The van der Waals surface area contributed by atoms with Crippen molar-refractivity contribution >= 4 is 17.5 Å². The fraction of sp³-hybridized carbons (Fsp3) is 0.357. The predicted octanol–water partition coefficient (Wildman–Crippen LogP) is 5.52. The van der Waals surface area contributed by atoms with E-state index in [9.17, 15) is 18.4 Å². The number of amides is 2. The van der Waals surface area contributed by atoms with E-state index in [0.29, 0.717) is 36.8 Å². The molecule has 1 aliphatic carbocycles. The van der Waals surface area contributed by atoms with Crippen LogP contribution in [0.4, 0.5) is 14.5 Å². The molecule has 36 heavy (non-hydrogen) atoms. The van der Waals surface area contributed by atoms with E-state index >= 15 is 0 Å². The molecule has 8 heteroatoms. The first kappa shape index (κ1) is 25.4. The molecule has 1 atom stereocenters. The van der Waals surface area contributed by atoms with Crippen LogP contribution < -0.4 is 16.0 Å². The third-order valence-electron chi connectivity index (χ3n) is 6.47. The molecule has 0 aliphatic heterocycles. The van der Waals surface area contributed by atoms with Crippen LogP contribution in [0.3, 0.4) is 0 Å². The monoisotopic (exact) mass is 495 g/mol. The predicted molar refractivity (Wildman–Crippen MR) is 134 cm³/mol. The first-order chi connectivity index (χ1) is 17.5. The molecule has 4 rings (SSSR count). The lowest BCUT2D eigenvalue weighted by Crippen LogP contribution is -2.48. The normalized spacial score (nSPS) is 14.7. The van der Waals surface area contributed by atoms with Crippen molar-refractivity contribution in [2.45, 2.75) is 44.6 Å². The van der Waals surface area contributed by atoms with Crippen molar-refractivity contribution in [3.05, 3.63) is 78.1 Å². The Kier molecular flexibility index (Phi) is 8.71. The highest BCUT2D eigenvalue weighted by atomic mass is 19.1. The number of nitrogens with one attached hydrogen (secondary N) is 3. The van der Waals surface area contributed by atoms with Gasteiger partial charge in [0.2, 0.25) is 5.91 Å². The molecule has 0 bridgehead atoms. The van der Waals surface area contributed by atoms with Gasteiger partial charge < -0.3 is 20.4 Å². The second-order valence-electron chi connectivity index (χ2n) is 9.16. The van der Waals surface area contributed by atoms with Crippen molar-refractivity contribution in [3.63, 3.8) is 0 Å². The van der Waals surface area contributed by atoms with E-state index < -0.39 is 11.9 Å². The first-order valence-corrected chi connectivity index (χ1v) is 12.4. The van der Waals surface area contributed by atoms with Crippen molar-refractivity contribution < 1.29 is 22.8 Å². The summed E-state index contributed by atoms with van der Waals surface area (Å²) < 4.78 is 32.0. The summed E-state index contributed by atoms with van der Waals surface area (Å²) in [5, 5.41) is 8.87. The Hall–Kier alpha value is -3.68. The smallest absolute Gasteiger partial charge is 0.287 e. The molecule has 2 amide bonds. The van der Waals surface area contributed by atoms with Crippen LogP contribution in [0.25, 0.3) is 11.3 Å². The summed E-state index contributed by atoms with van der Waals surface area (Å²) in [6.45, 7) is 0.809. The Morgan fingerprint density at radius 2 is 1.53 bits per heavy atom. The summed E-state index contributed by atoms with van der Waals surface area (Å²) >= 11 is 0. The molecule has 3 N–H and O–H groups in total. The van der Waals surface area contributed by atoms with Crippen molar-refractivity contribution in [1.82, 2.24) is 10.6 Å². The summed E-state index contributed by atoms with van der Waals surface area (Å²) in [7, 11) is 0. The van der Waals surface area contributed by atoms with Crippen molar-refractivity contribution in [1.29, 1.82) is 0 Å². The zero-order valence-electron chi connectivity index (χ0n) is 20.1. The largest absolute Gasteiger partial charge is 0.451 e. The molecule has 1 heterocycles. The molecule has 0 spiro atoms. The Bertz CT molecular complexity index is 1140. The first-order valence-electron chi connectivity index (χ1n) is 12.4. The molecule has 6 nitrogen and oxygen atoms in total. The van der Waals surface area contributed by atoms with E-state index in [1.807, 2.05) is 0 Å². The van der Waals surface area contributed by atoms with Gasteiger partial charge >= 0.3 is 0 Å². The number of furan rings is 1. The minimum absolute atomic E-state index is 0.0914. The molecular weight excluding hydrogens is 464 g/mol. The number of rotatable bonds is 10. The average molecular weight is 496 g/mol. The number of benzene rings is 2. The van der Waals surface area contributed by atoms with Crippen molar-refractivity contribution in [2.24, 2.45) is 5.92 Å². The molecule has 2 aromatic carbocycles. The Balaban J connectivity index is 1.35. The van der Waals surface area contributed by atoms with Crippen LogP contribution in [-0.4, -0.2) is 30.9 Å². The maximum absolute atomic E-state index is 13.2. The number of carbonyl (C=O) groups excluding carboxylic acids is 2. The quantitative estimate of drug-likeness (QED) is 0.323. The van der Waals surface area contributed by atoms with Crippen LogP contribution >= 0.6 is 0 Å². The van der Waals surface area contributed by atoms with E-state index in [0.717, 1.165) is 31.4 Å². The van der Waals surface area contributed by atoms with Gasteiger partial charge in [0.25, 0.3) is 5.91 Å². The van der Waals surface area contributed by atoms with Gasteiger partial charge in [0.05, 0.1) is 0 Å². The number of halogens is 2. The van der Waals surface area contributed by atoms with Crippen LogP contribution in [0.2, 0.25) is 0 Å². The van der Waals surface area contributed by atoms with Crippen molar-refractivity contribution in [2.75, 3.05) is 18.4 Å². The SMILES string of the molecule is O=C(N[C@@H](CC1CCCCC1)C(=O)NCCNc1ccc(F)cc1)c1ccc(-c2ccc(F)cc2)o1. The lowest BCUT2D eigenvalue weighted by molar-refractivity contribution is -0.123. The van der Waals surface area contributed by atoms with Gasteiger partial charge in [-0.05, 0) is 73.0 Å². The summed E-state index contributed by atoms with van der Waals surface area (Å²) in [5.74, 6) is -0.472.